The molecule has 0 aromatic heterocycles. The Morgan fingerprint density at radius 3 is 2.55 bits per heavy atom. The fourth-order valence-electron chi connectivity index (χ4n) is 3.50. The van der Waals surface area contributed by atoms with Gasteiger partial charge in [-0.25, -0.2) is 0 Å². The molecule has 0 radical (unpaired) electrons. The van der Waals surface area contributed by atoms with Gasteiger partial charge >= 0.3 is 0 Å². The Morgan fingerprint density at radius 1 is 1.15 bits per heavy atom. The maximum Gasteiger partial charge on any atom is 0.248 e. The Kier molecular flexibility index (Phi) is 12.1. The number of hydrogen-bond donors (Lipinski definition) is 2. The minimum Gasteiger partial charge on any atom is -0.373 e. The Bertz CT molecular complexity index is 753. The monoisotopic (exact) mass is 529 g/mol. The van der Waals surface area contributed by atoms with Gasteiger partial charge in [0.25, 0.3) is 0 Å². The van der Waals surface area contributed by atoms with Crippen LogP contribution in [0.15, 0.2) is 0 Å². The zero-order chi connectivity index (χ0) is 24.5. The zero-order valence-corrected chi connectivity index (χ0v) is 22.0. The highest BCUT2D eigenvalue weighted by Crippen LogP contribution is 2.47. The molecular formula is C20H37NO9P2S. The second kappa shape index (κ2) is 13.8. The topological polar surface area (TPSA) is 124 Å². The molecule has 2 rings (SSSR count). The van der Waals surface area contributed by atoms with Gasteiger partial charge in [0.05, 0.1) is 24.6 Å². The highest BCUT2D eigenvalue weighted by Gasteiger charge is 2.37. The SMILES string of the molecule is C=P(O)(OC)OCC1OCCC1OP(=C)(O)OCCCCCCSC1CC(=O)N(CC)C1=O. The molecule has 0 bridgehead atoms. The number of rotatable bonds is 16. The lowest BCUT2D eigenvalue weighted by molar-refractivity contribution is -0.137. The largest absolute Gasteiger partial charge is 0.373 e. The van der Waals surface area contributed by atoms with Crippen molar-refractivity contribution < 1.29 is 42.2 Å². The lowest BCUT2D eigenvalue weighted by Gasteiger charge is -2.26. The van der Waals surface area contributed by atoms with Crippen LogP contribution in [0.3, 0.4) is 0 Å². The molecule has 0 aromatic rings. The summed E-state index contributed by atoms with van der Waals surface area (Å²) in [7, 11) is -5.07. The smallest absolute Gasteiger partial charge is 0.248 e. The van der Waals surface area contributed by atoms with Gasteiger partial charge in [0.1, 0.15) is 6.10 Å². The number of likely N-dealkylation sites (tertiary alicyclic amines) is 1. The third-order valence-corrected chi connectivity index (χ3v) is 8.95. The molecule has 10 nitrogen and oxygen atoms in total. The molecule has 2 N–H and O–H groups in total. The fourth-order valence-corrected chi connectivity index (χ4v) is 6.31. The molecule has 2 fully saturated rings. The number of thioether (sulfide) groups is 1. The molecule has 2 saturated heterocycles. The van der Waals surface area contributed by atoms with Crippen molar-refractivity contribution in [3.05, 3.63) is 0 Å². The summed E-state index contributed by atoms with van der Waals surface area (Å²) < 4.78 is 26.8. The van der Waals surface area contributed by atoms with Crippen molar-refractivity contribution >= 4 is 51.3 Å². The van der Waals surface area contributed by atoms with Crippen molar-refractivity contribution in [1.82, 2.24) is 4.90 Å². The molecule has 5 unspecified atom stereocenters. The van der Waals surface area contributed by atoms with Crippen molar-refractivity contribution in [2.75, 3.05) is 39.2 Å². The average Bonchev–Trinajstić information content (AvgIpc) is 3.30. The molecule has 0 spiro atoms. The summed E-state index contributed by atoms with van der Waals surface area (Å²) in [5.74, 6) is 0.686. The van der Waals surface area contributed by atoms with Gasteiger partial charge in [-0.1, -0.05) is 12.8 Å². The Balaban J connectivity index is 1.56. The van der Waals surface area contributed by atoms with E-state index in [-0.39, 0.29) is 23.7 Å². The van der Waals surface area contributed by atoms with Crippen LogP contribution in [-0.4, -0.2) is 95.8 Å². The first-order chi connectivity index (χ1) is 15.6. The lowest BCUT2D eigenvalue weighted by Crippen LogP contribution is -2.30. The van der Waals surface area contributed by atoms with Crippen molar-refractivity contribution in [3.8, 4) is 0 Å². The number of imide groups is 1. The van der Waals surface area contributed by atoms with Crippen LogP contribution in [0.1, 0.15) is 45.4 Å². The summed E-state index contributed by atoms with van der Waals surface area (Å²) in [5, 5.41) is -0.239. The maximum atomic E-state index is 12.1. The number of hydrogen-bond acceptors (Lipinski definition) is 10. The normalized spacial score (nSPS) is 27.2. The van der Waals surface area contributed by atoms with E-state index in [1.165, 1.54) is 12.0 Å². The molecule has 192 valence electrons. The Labute approximate surface area is 200 Å². The van der Waals surface area contributed by atoms with E-state index in [0.717, 1.165) is 31.4 Å². The van der Waals surface area contributed by atoms with E-state index in [4.69, 9.17) is 22.8 Å². The van der Waals surface area contributed by atoms with Crippen LogP contribution >= 0.6 is 26.9 Å². The molecular weight excluding hydrogens is 492 g/mol. The molecule has 2 aliphatic heterocycles. The van der Waals surface area contributed by atoms with Crippen molar-refractivity contribution in [2.45, 2.75) is 62.9 Å². The number of carbonyl (C=O) groups is 2. The van der Waals surface area contributed by atoms with Crippen molar-refractivity contribution in [3.63, 3.8) is 0 Å². The van der Waals surface area contributed by atoms with Gasteiger partial charge in [-0.3, -0.25) is 14.5 Å². The predicted molar refractivity (Wildman–Crippen MR) is 132 cm³/mol. The van der Waals surface area contributed by atoms with Gasteiger partial charge < -0.3 is 32.6 Å². The summed E-state index contributed by atoms with van der Waals surface area (Å²) in [4.78, 5) is 45.3. The first-order valence-corrected chi connectivity index (χ1v) is 15.7. The molecule has 2 heterocycles. The number of amides is 2. The molecule has 33 heavy (non-hydrogen) atoms. The highest BCUT2D eigenvalue weighted by molar-refractivity contribution is 8.00. The molecule has 0 aromatic carbocycles. The maximum absolute atomic E-state index is 12.1. The van der Waals surface area contributed by atoms with Gasteiger partial charge in [-0.05, 0) is 38.1 Å². The average molecular weight is 530 g/mol. The van der Waals surface area contributed by atoms with E-state index in [0.29, 0.717) is 32.6 Å². The van der Waals surface area contributed by atoms with E-state index in [1.54, 1.807) is 11.8 Å². The molecule has 2 amide bonds. The molecule has 2 aliphatic rings. The Hall–Kier alpha value is -0.190. The summed E-state index contributed by atoms with van der Waals surface area (Å²) in [6.45, 7) is 3.05. The van der Waals surface area contributed by atoms with Gasteiger partial charge in [0.2, 0.25) is 26.9 Å². The Morgan fingerprint density at radius 2 is 1.88 bits per heavy atom. The standard InChI is InChI=1S/C20H37NO9P2S/c1-5-21-19(22)14-18(20(21)23)33-13-9-7-6-8-11-28-32(4,25)30-16-10-12-27-17(16)15-29-31(3,24)26-2/h16-18,24-25H,3-15H2,1-2H3. The quantitative estimate of drug-likeness (QED) is 0.175. The fraction of sp³-hybridized carbons (Fsp3) is 0.800. The first-order valence-electron chi connectivity index (χ1n) is 11.1. The minimum absolute atomic E-state index is 0.0292. The van der Waals surface area contributed by atoms with Crippen LogP contribution in [0, 0.1) is 0 Å². The van der Waals surface area contributed by atoms with Gasteiger partial charge in [0, 0.05) is 33.1 Å². The molecule has 0 aliphatic carbocycles. The number of nitrogens with zero attached hydrogens (tertiary/aromatic N) is 1. The van der Waals surface area contributed by atoms with Crippen molar-refractivity contribution in [2.24, 2.45) is 0 Å². The summed E-state index contributed by atoms with van der Waals surface area (Å²) in [6, 6.07) is 0. The number of ether oxygens (including phenoxy) is 1. The highest BCUT2D eigenvalue weighted by atomic mass is 32.2. The van der Waals surface area contributed by atoms with Crippen LogP contribution in [0.5, 0.6) is 0 Å². The van der Waals surface area contributed by atoms with Crippen LogP contribution in [0.2, 0.25) is 0 Å². The third kappa shape index (κ3) is 9.76. The zero-order valence-electron chi connectivity index (χ0n) is 19.4. The molecule has 0 saturated carbocycles. The van der Waals surface area contributed by atoms with Gasteiger partial charge in [0.15, 0.2) is 0 Å². The van der Waals surface area contributed by atoms with Gasteiger partial charge in [-0.2, -0.15) is 0 Å². The number of unbranched alkanes of at least 4 members (excludes halogenated alkanes) is 3. The van der Waals surface area contributed by atoms with Crippen LogP contribution < -0.4 is 0 Å². The minimum atomic E-state index is -3.26. The van der Waals surface area contributed by atoms with Crippen molar-refractivity contribution in [1.29, 1.82) is 0 Å². The first kappa shape index (κ1) is 29.0. The summed E-state index contributed by atoms with van der Waals surface area (Å²) in [6.07, 6.45) is 10.7. The second-order valence-electron chi connectivity index (χ2n) is 7.88. The second-order valence-corrected chi connectivity index (χ2v) is 12.8. The molecule has 13 heteroatoms. The van der Waals surface area contributed by atoms with Crippen LogP contribution in [0.4, 0.5) is 0 Å². The summed E-state index contributed by atoms with van der Waals surface area (Å²) in [5.41, 5.74) is 0. The molecule has 5 atom stereocenters. The number of carbonyl (C=O) groups excluding carboxylic acids is 2. The van der Waals surface area contributed by atoms with E-state index >= 15 is 0 Å². The van der Waals surface area contributed by atoms with Crippen LogP contribution in [0.25, 0.3) is 0 Å². The van der Waals surface area contributed by atoms with Crippen LogP contribution in [-0.2, 0) is 32.4 Å². The van der Waals surface area contributed by atoms with E-state index in [9.17, 15) is 19.4 Å². The summed E-state index contributed by atoms with van der Waals surface area (Å²) >= 11 is 1.55. The van der Waals surface area contributed by atoms with E-state index in [2.05, 4.69) is 12.6 Å². The van der Waals surface area contributed by atoms with E-state index in [1.807, 2.05) is 6.92 Å². The van der Waals surface area contributed by atoms with E-state index < -0.39 is 27.3 Å². The van der Waals surface area contributed by atoms with Gasteiger partial charge in [-0.15, -0.1) is 11.8 Å². The lowest BCUT2D eigenvalue weighted by atomic mass is 10.2. The third-order valence-electron chi connectivity index (χ3n) is 5.34. The predicted octanol–water partition coefficient (Wildman–Crippen LogP) is 2.65.